The van der Waals surface area contributed by atoms with Gasteiger partial charge < -0.3 is 9.64 Å². The Morgan fingerprint density at radius 1 is 1.43 bits per heavy atom. The van der Waals surface area contributed by atoms with Crippen molar-refractivity contribution >= 4 is 11.4 Å². The molecular formula is C15H21FN2O3. The lowest BCUT2D eigenvalue weighted by Crippen LogP contribution is -2.37. The Morgan fingerprint density at radius 3 is 2.67 bits per heavy atom. The van der Waals surface area contributed by atoms with Crippen LogP contribution in [0.15, 0.2) is 18.2 Å². The zero-order valence-corrected chi connectivity index (χ0v) is 12.4. The van der Waals surface area contributed by atoms with E-state index in [9.17, 15) is 14.5 Å². The number of nitro benzene ring substituents is 1. The molecule has 6 heteroatoms. The quantitative estimate of drug-likeness (QED) is 0.617. The van der Waals surface area contributed by atoms with Crippen molar-refractivity contribution in [3.8, 4) is 0 Å². The van der Waals surface area contributed by atoms with Crippen LogP contribution in [-0.4, -0.2) is 30.7 Å². The number of piperidine rings is 1. The highest BCUT2D eigenvalue weighted by Gasteiger charge is 2.25. The lowest BCUT2D eigenvalue weighted by atomic mass is 10.1. The first-order valence-electron chi connectivity index (χ1n) is 7.28. The molecule has 0 atom stereocenters. The van der Waals surface area contributed by atoms with Gasteiger partial charge in [0.15, 0.2) is 0 Å². The standard InChI is InChI=1S/C15H21FN2O3/c1-11(2)10-21-13-5-7-17(8-6-13)15-9-12(16)3-4-14(15)18(19)20/h3-4,9,11,13H,5-8,10H2,1-2H3. The molecule has 0 spiro atoms. The predicted molar refractivity (Wildman–Crippen MR) is 79.1 cm³/mol. The Balaban J connectivity index is 2.02. The third-order valence-electron chi connectivity index (χ3n) is 3.58. The molecule has 2 rings (SSSR count). The van der Waals surface area contributed by atoms with Gasteiger partial charge in [0, 0.05) is 31.8 Å². The zero-order chi connectivity index (χ0) is 15.4. The number of halogens is 1. The van der Waals surface area contributed by atoms with Crippen LogP contribution in [0.3, 0.4) is 0 Å². The summed E-state index contributed by atoms with van der Waals surface area (Å²) in [6.07, 6.45) is 1.80. The summed E-state index contributed by atoms with van der Waals surface area (Å²) in [5.41, 5.74) is 0.320. The molecule has 0 saturated carbocycles. The molecule has 5 nitrogen and oxygen atoms in total. The van der Waals surface area contributed by atoms with Gasteiger partial charge in [-0.2, -0.15) is 0 Å². The van der Waals surface area contributed by atoms with E-state index in [0.29, 0.717) is 24.7 Å². The molecule has 0 amide bonds. The summed E-state index contributed by atoms with van der Waals surface area (Å²) in [4.78, 5) is 12.5. The van der Waals surface area contributed by atoms with Crippen LogP contribution in [0.4, 0.5) is 15.8 Å². The number of nitro groups is 1. The minimum Gasteiger partial charge on any atom is -0.378 e. The Morgan fingerprint density at radius 2 is 2.10 bits per heavy atom. The summed E-state index contributed by atoms with van der Waals surface area (Å²) in [6, 6.07) is 3.60. The maximum atomic E-state index is 13.4. The molecule has 1 aliphatic heterocycles. The van der Waals surface area contributed by atoms with Gasteiger partial charge in [-0.05, 0) is 24.8 Å². The van der Waals surface area contributed by atoms with Gasteiger partial charge in [-0.15, -0.1) is 0 Å². The van der Waals surface area contributed by atoms with E-state index in [1.807, 2.05) is 4.90 Å². The fraction of sp³-hybridized carbons (Fsp3) is 0.600. The highest BCUT2D eigenvalue weighted by atomic mass is 19.1. The first-order valence-corrected chi connectivity index (χ1v) is 7.28. The summed E-state index contributed by atoms with van der Waals surface area (Å²) < 4.78 is 19.2. The second-order valence-electron chi connectivity index (χ2n) is 5.80. The van der Waals surface area contributed by atoms with Gasteiger partial charge in [-0.25, -0.2) is 4.39 Å². The van der Waals surface area contributed by atoms with Gasteiger partial charge in [-0.1, -0.05) is 13.8 Å². The van der Waals surface area contributed by atoms with Crippen LogP contribution in [0.25, 0.3) is 0 Å². The van der Waals surface area contributed by atoms with Gasteiger partial charge in [0.2, 0.25) is 0 Å². The number of ether oxygens (including phenoxy) is 1. The van der Waals surface area contributed by atoms with Crippen molar-refractivity contribution in [3.05, 3.63) is 34.1 Å². The fourth-order valence-electron chi connectivity index (χ4n) is 2.50. The molecular weight excluding hydrogens is 275 g/mol. The number of benzene rings is 1. The summed E-state index contributed by atoms with van der Waals surface area (Å²) in [5, 5.41) is 11.0. The van der Waals surface area contributed by atoms with Crippen LogP contribution in [0.5, 0.6) is 0 Å². The van der Waals surface area contributed by atoms with Crippen molar-refractivity contribution in [1.82, 2.24) is 0 Å². The van der Waals surface area contributed by atoms with Crippen LogP contribution in [0.2, 0.25) is 0 Å². The number of rotatable bonds is 5. The maximum absolute atomic E-state index is 13.4. The average Bonchev–Trinajstić information content (AvgIpc) is 2.45. The van der Waals surface area contributed by atoms with Crippen LogP contribution >= 0.6 is 0 Å². The van der Waals surface area contributed by atoms with E-state index in [0.717, 1.165) is 25.5 Å². The van der Waals surface area contributed by atoms with E-state index >= 15 is 0 Å². The Bertz CT molecular complexity index is 500. The Kier molecular flexibility index (Phi) is 5.12. The first-order chi connectivity index (χ1) is 9.97. The van der Waals surface area contributed by atoms with Crippen molar-refractivity contribution in [2.75, 3.05) is 24.6 Å². The van der Waals surface area contributed by atoms with Gasteiger partial charge >= 0.3 is 0 Å². The molecule has 1 fully saturated rings. The molecule has 0 radical (unpaired) electrons. The third-order valence-corrected chi connectivity index (χ3v) is 3.58. The summed E-state index contributed by atoms with van der Waals surface area (Å²) in [7, 11) is 0. The van der Waals surface area contributed by atoms with E-state index in [2.05, 4.69) is 13.8 Å². The predicted octanol–water partition coefficient (Wildman–Crippen LogP) is 3.38. The van der Waals surface area contributed by atoms with E-state index in [4.69, 9.17) is 4.74 Å². The number of nitrogens with zero attached hydrogens (tertiary/aromatic N) is 2. The SMILES string of the molecule is CC(C)COC1CCN(c2cc(F)ccc2[N+](=O)[O-])CC1. The van der Waals surface area contributed by atoms with Crippen molar-refractivity contribution in [2.24, 2.45) is 5.92 Å². The second kappa shape index (κ2) is 6.85. The van der Waals surface area contributed by atoms with Crippen LogP contribution in [0.1, 0.15) is 26.7 Å². The van der Waals surface area contributed by atoms with Gasteiger partial charge in [0.05, 0.1) is 11.0 Å². The Hall–Kier alpha value is -1.69. The van der Waals surface area contributed by atoms with E-state index in [-0.39, 0.29) is 11.8 Å². The Labute approximate surface area is 123 Å². The highest BCUT2D eigenvalue weighted by molar-refractivity contribution is 5.63. The topological polar surface area (TPSA) is 55.6 Å². The third kappa shape index (κ3) is 4.14. The molecule has 0 aliphatic carbocycles. The molecule has 1 aliphatic rings. The minimum absolute atomic E-state index is 0.0436. The number of hydrogen-bond donors (Lipinski definition) is 0. The minimum atomic E-state index is -0.462. The normalized spacial score (nSPS) is 16.5. The maximum Gasteiger partial charge on any atom is 0.292 e. The first kappa shape index (κ1) is 15.7. The zero-order valence-electron chi connectivity index (χ0n) is 12.4. The van der Waals surface area contributed by atoms with Gasteiger partial charge in [0.1, 0.15) is 11.5 Å². The molecule has 0 N–H and O–H groups in total. The monoisotopic (exact) mass is 296 g/mol. The van der Waals surface area contributed by atoms with E-state index in [1.165, 1.54) is 12.1 Å². The summed E-state index contributed by atoms with van der Waals surface area (Å²) in [6.45, 7) is 6.22. The van der Waals surface area contributed by atoms with Crippen molar-refractivity contribution in [2.45, 2.75) is 32.8 Å². The van der Waals surface area contributed by atoms with Crippen LogP contribution < -0.4 is 4.90 Å². The van der Waals surface area contributed by atoms with Gasteiger partial charge in [0.25, 0.3) is 5.69 Å². The van der Waals surface area contributed by atoms with Crippen molar-refractivity contribution in [1.29, 1.82) is 0 Å². The van der Waals surface area contributed by atoms with Crippen molar-refractivity contribution in [3.63, 3.8) is 0 Å². The average molecular weight is 296 g/mol. The molecule has 1 aromatic carbocycles. The van der Waals surface area contributed by atoms with Gasteiger partial charge in [-0.3, -0.25) is 10.1 Å². The highest BCUT2D eigenvalue weighted by Crippen LogP contribution is 2.31. The molecule has 0 bridgehead atoms. The van der Waals surface area contributed by atoms with Crippen LogP contribution in [0, 0.1) is 21.8 Å². The molecule has 1 saturated heterocycles. The lowest BCUT2D eigenvalue weighted by molar-refractivity contribution is -0.384. The smallest absolute Gasteiger partial charge is 0.292 e. The molecule has 1 heterocycles. The molecule has 1 aromatic rings. The largest absolute Gasteiger partial charge is 0.378 e. The molecule has 0 unspecified atom stereocenters. The summed E-state index contributed by atoms with van der Waals surface area (Å²) in [5.74, 6) is 0.0427. The number of hydrogen-bond acceptors (Lipinski definition) is 4. The van der Waals surface area contributed by atoms with Crippen molar-refractivity contribution < 1.29 is 14.1 Å². The second-order valence-corrected chi connectivity index (χ2v) is 5.80. The molecule has 116 valence electrons. The summed E-state index contributed by atoms with van der Waals surface area (Å²) >= 11 is 0. The fourth-order valence-corrected chi connectivity index (χ4v) is 2.50. The molecule has 0 aromatic heterocycles. The lowest BCUT2D eigenvalue weighted by Gasteiger charge is -2.33. The van der Waals surface area contributed by atoms with Crippen LogP contribution in [-0.2, 0) is 4.74 Å². The van der Waals surface area contributed by atoms with E-state index < -0.39 is 10.7 Å². The van der Waals surface area contributed by atoms with E-state index in [1.54, 1.807) is 0 Å². The number of anilines is 1. The molecule has 21 heavy (non-hydrogen) atoms.